The third-order valence-corrected chi connectivity index (χ3v) is 6.91. The molecule has 0 bridgehead atoms. The molecule has 1 N–H and O–H groups in total. The van der Waals surface area contributed by atoms with Crippen molar-refractivity contribution in [3.63, 3.8) is 0 Å². The SMILES string of the molecule is CN1CCN(C(=O)c2cccc(N3NC(=O)C4CC=CCC4C3=O)c2)C(c2ccccc2)C1. The molecule has 2 heterocycles. The maximum absolute atomic E-state index is 13.6. The highest BCUT2D eigenvalue weighted by atomic mass is 16.2. The van der Waals surface area contributed by atoms with Gasteiger partial charge in [-0.15, -0.1) is 0 Å². The van der Waals surface area contributed by atoms with E-state index in [1.54, 1.807) is 24.3 Å². The summed E-state index contributed by atoms with van der Waals surface area (Å²) in [5.41, 5.74) is 4.86. The van der Waals surface area contributed by atoms with Crippen LogP contribution in [-0.4, -0.2) is 54.2 Å². The first-order valence-electron chi connectivity index (χ1n) is 11.5. The average Bonchev–Trinajstić information content (AvgIpc) is 2.86. The predicted molar refractivity (Wildman–Crippen MR) is 125 cm³/mol. The highest BCUT2D eigenvalue weighted by Crippen LogP contribution is 2.33. The molecule has 170 valence electrons. The van der Waals surface area contributed by atoms with Crippen molar-refractivity contribution in [3.05, 3.63) is 77.9 Å². The molecule has 3 amide bonds. The van der Waals surface area contributed by atoms with Crippen molar-refractivity contribution in [1.82, 2.24) is 15.2 Å². The first-order chi connectivity index (χ1) is 16.0. The molecule has 0 radical (unpaired) electrons. The Morgan fingerprint density at radius 2 is 1.70 bits per heavy atom. The second-order valence-corrected chi connectivity index (χ2v) is 9.04. The van der Waals surface area contributed by atoms with E-state index >= 15 is 0 Å². The van der Waals surface area contributed by atoms with Crippen molar-refractivity contribution < 1.29 is 14.4 Å². The molecule has 3 atom stereocenters. The molecule has 0 saturated carbocycles. The molecule has 7 heteroatoms. The first kappa shape index (κ1) is 21.4. The summed E-state index contributed by atoms with van der Waals surface area (Å²) in [5.74, 6) is -1.03. The van der Waals surface area contributed by atoms with Crippen LogP contribution in [0.4, 0.5) is 5.69 Å². The number of likely N-dealkylation sites (N-methyl/N-ethyl adjacent to an activating group) is 1. The summed E-state index contributed by atoms with van der Waals surface area (Å²) in [5, 5.41) is 1.32. The zero-order chi connectivity index (χ0) is 22.9. The summed E-state index contributed by atoms with van der Waals surface area (Å²) in [6.45, 7) is 2.17. The zero-order valence-corrected chi connectivity index (χ0v) is 18.7. The second-order valence-electron chi connectivity index (χ2n) is 9.04. The molecule has 2 aliphatic heterocycles. The third-order valence-electron chi connectivity index (χ3n) is 6.91. The van der Waals surface area contributed by atoms with Crippen molar-refractivity contribution in [2.75, 3.05) is 31.7 Å². The quantitative estimate of drug-likeness (QED) is 0.739. The fraction of sp³-hybridized carbons (Fsp3) is 0.346. The third kappa shape index (κ3) is 4.04. The molecule has 2 aromatic carbocycles. The molecular weight excluding hydrogens is 416 g/mol. The van der Waals surface area contributed by atoms with E-state index < -0.39 is 0 Å². The number of nitrogens with one attached hydrogen (secondary N) is 1. The summed E-state index contributed by atoms with van der Waals surface area (Å²) in [6.07, 6.45) is 5.07. The van der Waals surface area contributed by atoms with E-state index in [1.165, 1.54) is 5.01 Å². The Kier molecular flexibility index (Phi) is 5.72. The maximum atomic E-state index is 13.6. The molecule has 1 aliphatic carbocycles. The number of hydrogen-bond donors (Lipinski definition) is 1. The van der Waals surface area contributed by atoms with Crippen molar-refractivity contribution in [1.29, 1.82) is 0 Å². The number of hydrazine groups is 1. The minimum Gasteiger partial charge on any atom is -0.329 e. The van der Waals surface area contributed by atoms with Crippen molar-refractivity contribution >= 4 is 23.4 Å². The van der Waals surface area contributed by atoms with Crippen LogP contribution in [0.15, 0.2) is 66.7 Å². The van der Waals surface area contributed by atoms with E-state index in [0.29, 0.717) is 30.6 Å². The number of amides is 3. The molecule has 2 saturated heterocycles. The van der Waals surface area contributed by atoms with Gasteiger partial charge in [0.2, 0.25) is 11.8 Å². The highest BCUT2D eigenvalue weighted by molar-refractivity contribution is 6.05. The lowest BCUT2D eigenvalue weighted by molar-refractivity contribution is -0.139. The van der Waals surface area contributed by atoms with Crippen molar-refractivity contribution in [3.8, 4) is 0 Å². The lowest BCUT2D eigenvalue weighted by atomic mass is 9.80. The number of piperazine rings is 1. The van der Waals surface area contributed by atoms with Crippen LogP contribution in [0, 0.1) is 11.8 Å². The van der Waals surface area contributed by atoms with Gasteiger partial charge in [-0.25, -0.2) is 5.01 Å². The van der Waals surface area contributed by atoms with E-state index in [-0.39, 0.29) is 35.6 Å². The maximum Gasteiger partial charge on any atom is 0.254 e. The lowest BCUT2D eigenvalue weighted by Gasteiger charge is -2.40. The van der Waals surface area contributed by atoms with Crippen molar-refractivity contribution in [2.45, 2.75) is 18.9 Å². The largest absolute Gasteiger partial charge is 0.329 e. The van der Waals surface area contributed by atoms with Gasteiger partial charge in [0.05, 0.1) is 23.6 Å². The molecule has 0 spiro atoms. The van der Waals surface area contributed by atoms with Crippen LogP contribution >= 0.6 is 0 Å². The Morgan fingerprint density at radius 3 is 2.48 bits per heavy atom. The van der Waals surface area contributed by atoms with Gasteiger partial charge in [0.25, 0.3) is 5.91 Å². The first-order valence-corrected chi connectivity index (χ1v) is 11.5. The van der Waals surface area contributed by atoms with E-state index in [4.69, 9.17) is 0 Å². The number of fused-ring (bicyclic) bond motifs is 1. The van der Waals surface area contributed by atoms with Gasteiger partial charge in [-0.2, -0.15) is 0 Å². The Morgan fingerprint density at radius 1 is 0.939 bits per heavy atom. The zero-order valence-electron chi connectivity index (χ0n) is 18.7. The number of rotatable bonds is 3. The minimum absolute atomic E-state index is 0.0489. The van der Waals surface area contributed by atoms with Crippen LogP contribution in [0.3, 0.4) is 0 Å². The lowest BCUT2D eigenvalue weighted by Crippen LogP contribution is -2.59. The molecule has 2 fully saturated rings. The standard InChI is InChI=1S/C26H28N4O3/c1-28-14-15-29(23(17-28)18-8-3-2-4-9-18)25(32)19-10-7-11-20(16-19)30-26(33)22-13-6-5-12-21(22)24(31)27-30/h2-11,16,21-23H,12-15,17H2,1H3,(H,27,31). The molecule has 33 heavy (non-hydrogen) atoms. The minimum atomic E-state index is -0.358. The Bertz CT molecular complexity index is 1100. The van der Waals surface area contributed by atoms with E-state index in [2.05, 4.69) is 29.5 Å². The van der Waals surface area contributed by atoms with Gasteiger partial charge in [-0.05, 0) is 43.7 Å². The Hall–Kier alpha value is -3.45. The normalized spacial score (nSPS) is 25.5. The van der Waals surface area contributed by atoms with Crippen LogP contribution in [-0.2, 0) is 9.59 Å². The molecule has 3 unspecified atom stereocenters. The van der Waals surface area contributed by atoms with E-state index in [0.717, 1.165) is 18.7 Å². The van der Waals surface area contributed by atoms with Gasteiger partial charge in [0.15, 0.2) is 0 Å². The number of benzene rings is 2. The molecule has 5 rings (SSSR count). The van der Waals surface area contributed by atoms with Gasteiger partial charge >= 0.3 is 0 Å². The van der Waals surface area contributed by atoms with Gasteiger partial charge in [-0.3, -0.25) is 19.8 Å². The predicted octanol–water partition coefficient (Wildman–Crippen LogP) is 2.78. The number of nitrogens with zero attached hydrogens (tertiary/aromatic N) is 3. The highest BCUT2D eigenvalue weighted by Gasteiger charge is 2.42. The van der Waals surface area contributed by atoms with Gasteiger partial charge in [0, 0.05) is 25.2 Å². The van der Waals surface area contributed by atoms with Gasteiger partial charge in [-0.1, -0.05) is 48.6 Å². The number of allylic oxidation sites excluding steroid dienone is 2. The smallest absolute Gasteiger partial charge is 0.254 e. The fourth-order valence-electron chi connectivity index (χ4n) is 5.05. The molecule has 0 aromatic heterocycles. The van der Waals surface area contributed by atoms with Crippen LogP contribution in [0.5, 0.6) is 0 Å². The second kappa shape index (κ2) is 8.83. The summed E-state index contributed by atoms with van der Waals surface area (Å²) in [4.78, 5) is 43.5. The summed E-state index contributed by atoms with van der Waals surface area (Å²) < 4.78 is 0. The molecular formula is C26H28N4O3. The number of carbonyl (C=O) groups is 3. The topological polar surface area (TPSA) is 73.0 Å². The molecule has 7 nitrogen and oxygen atoms in total. The van der Waals surface area contributed by atoms with Crippen LogP contribution < -0.4 is 10.4 Å². The van der Waals surface area contributed by atoms with E-state index in [1.807, 2.05) is 35.3 Å². The van der Waals surface area contributed by atoms with E-state index in [9.17, 15) is 14.4 Å². The fourth-order valence-corrected chi connectivity index (χ4v) is 5.05. The average molecular weight is 445 g/mol. The van der Waals surface area contributed by atoms with Gasteiger partial charge < -0.3 is 9.80 Å². The number of carbonyl (C=O) groups excluding carboxylic acids is 3. The number of anilines is 1. The van der Waals surface area contributed by atoms with Crippen LogP contribution in [0.25, 0.3) is 0 Å². The summed E-state index contributed by atoms with van der Waals surface area (Å²) in [7, 11) is 2.07. The molecule has 2 aromatic rings. The Balaban J connectivity index is 1.41. The van der Waals surface area contributed by atoms with Crippen LogP contribution in [0.1, 0.15) is 34.8 Å². The van der Waals surface area contributed by atoms with Gasteiger partial charge in [0.1, 0.15) is 0 Å². The van der Waals surface area contributed by atoms with Crippen LogP contribution in [0.2, 0.25) is 0 Å². The summed E-state index contributed by atoms with van der Waals surface area (Å²) >= 11 is 0. The number of hydrogen-bond acceptors (Lipinski definition) is 4. The molecule has 3 aliphatic rings. The Labute approximate surface area is 193 Å². The summed E-state index contributed by atoms with van der Waals surface area (Å²) in [6, 6.07) is 17.0. The monoisotopic (exact) mass is 444 g/mol. The van der Waals surface area contributed by atoms with Crippen molar-refractivity contribution in [2.24, 2.45) is 11.8 Å².